The van der Waals surface area contributed by atoms with Gasteiger partial charge in [-0.3, -0.25) is 0 Å². The number of aryl methyl sites for hydroxylation is 1. The summed E-state index contributed by atoms with van der Waals surface area (Å²) in [6.45, 7) is 2.56. The van der Waals surface area contributed by atoms with Crippen molar-refractivity contribution in [3.63, 3.8) is 0 Å². The van der Waals surface area contributed by atoms with Crippen LogP contribution < -0.4 is 0 Å². The summed E-state index contributed by atoms with van der Waals surface area (Å²) in [5.41, 5.74) is 0.548. The van der Waals surface area contributed by atoms with Gasteiger partial charge in [-0.15, -0.1) is 0 Å². The zero-order valence-electron chi connectivity index (χ0n) is 10.8. The molecule has 0 spiro atoms. The zero-order chi connectivity index (χ0) is 14.0. The van der Waals surface area contributed by atoms with Crippen molar-refractivity contribution in [2.45, 2.75) is 24.7 Å². The summed E-state index contributed by atoms with van der Waals surface area (Å²) < 4.78 is 39.5. The highest BCUT2D eigenvalue weighted by molar-refractivity contribution is 7.89. The van der Waals surface area contributed by atoms with Crippen molar-refractivity contribution in [3.05, 3.63) is 29.6 Å². The lowest BCUT2D eigenvalue weighted by atomic mass is 10.1. The number of sulfonamides is 1. The SMILES string of the molecule is Cc1ccc(F)cc1S(=O)(=O)N1CCC(CCO)C1. The molecule has 1 aromatic carbocycles. The van der Waals surface area contributed by atoms with Crippen LogP contribution in [-0.4, -0.2) is 37.5 Å². The van der Waals surface area contributed by atoms with Crippen LogP contribution in [0, 0.1) is 18.7 Å². The lowest BCUT2D eigenvalue weighted by Gasteiger charge is -2.18. The summed E-state index contributed by atoms with van der Waals surface area (Å²) in [4.78, 5) is 0.0390. The van der Waals surface area contributed by atoms with E-state index in [1.807, 2.05) is 0 Å². The Morgan fingerprint density at radius 1 is 1.47 bits per heavy atom. The summed E-state index contributed by atoms with van der Waals surface area (Å²) in [6.07, 6.45) is 1.35. The summed E-state index contributed by atoms with van der Waals surface area (Å²) >= 11 is 0. The maximum absolute atomic E-state index is 13.2. The molecule has 4 nitrogen and oxygen atoms in total. The van der Waals surface area contributed by atoms with Crippen LogP contribution in [0.15, 0.2) is 23.1 Å². The van der Waals surface area contributed by atoms with Gasteiger partial charge in [-0.1, -0.05) is 6.07 Å². The molecule has 0 saturated carbocycles. The third kappa shape index (κ3) is 2.96. The lowest BCUT2D eigenvalue weighted by molar-refractivity contribution is 0.259. The van der Waals surface area contributed by atoms with Gasteiger partial charge in [0, 0.05) is 19.7 Å². The number of rotatable bonds is 4. The molecule has 0 amide bonds. The van der Waals surface area contributed by atoms with E-state index in [1.54, 1.807) is 6.92 Å². The van der Waals surface area contributed by atoms with E-state index in [0.717, 1.165) is 12.5 Å². The van der Waals surface area contributed by atoms with Gasteiger partial charge in [-0.25, -0.2) is 12.8 Å². The maximum atomic E-state index is 13.2. The van der Waals surface area contributed by atoms with Crippen LogP contribution in [0.3, 0.4) is 0 Å². The Labute approximate surface area is 112 Å². The Bertz CT molecular complexity index is 559. The van der Waals surface area contributed by atoms with Gasteiger partial charge in [-0.05, 0) is 43.4 Å². The van der Waals surface area contributed by atoms with Crippen LogP contribution in [0.4, 0.5) is 4.39 Å². The van der Waals surface area contributed by atoms with E-state index in [-0.39, 0.29) is 17.4 Å². The third-order valence-electron chi connectivity index (χ3n) is 3.55. The predicted molar refractivity (Wildman–Crippen MR) is 69.7 cm³/mol. The topological polar surface area (TPSA) is 57.6 Å². The molecule has 1 N–H and O–H groups in total. The summed E-state index contributed by atoms with van der Waals surface area (Å²) in [7, 11) is -3.63. The fourth-order valence-corrected chi connectivity index (χ4v) is 4.19. The molecular formula is C13H18FNO3S. The smallest absolute Gasteiger partial charge is 0.243 e. The van der Waals surface area contributed by atoms with Crippen molar-refractivity contribution in [1.82, 2.24) is 4.31 Å². The van der Waals surface area contributed by atoms with Gasteiger partial charge in [0.1, 0.15) is 5.82 Å². The first-order valence-corrected chi connectivity index (χ1v) is 7.76. The van der Waals surface area contributed by atoms with E-state index in [4.69, 9.17) is 5.11 Å². The second kappa shape index (κ2) is 5.56. The molecule has 1 heterocycles. The van der Waals surface area contributed by atoms with Gasteiger partial charge in [0.15, 0.2) is 0 Å². The van der Waals surface area contributed by atoms with Crippen molar-refractivity contribution in [1.29, 1.82) is 0 Å². The largest absolute Gasteiger partial charge is 0.396 e. The van der Waals surface area contributed by atoms with Crippen molar-refractivity contribution in [2.75, 3.05) is 19.7 Å². The first kappa shape index (κ1) is 14.4. The highest BCUT2D eigenvalue weighted by atomic mass is 32.2. The molecule has 1 aliphatic heterocycles. The van der Waals surface area contributed by atoms with Gasteiger partial charge < -0.3 is 5.11 Å². The molecule has 0 aromatic heterocycles. The monoisotopic (exact) mass is 287 g/mol. The Morgan fingerprint density at radius 3 is 2.89 bits per heavy atom. The summed E-state index contributed by atoms with van der Waals surface area (Å²) in [5.74, 6) is -0.357. The number of aliphatic hydroxyl groups excluding tert-OH is 1. The second-order valence-corrected chi connectivity index (χ2v) is 6.85. The van der Waals surface area contributed by atoms with Gasteiger partial charge in [0.2, 0.25) is 10.0 Å². The van der Waals surface area contributed by atoms with E-state index < -0.39 is 15.8 Å². The van der Waals surface area contributed by atoms with Crippen molar-refractivity contribution in [3.8, 4) is 0 Å². The molecule has 106 valence electrons. The molecule has 0 radical (unpaired) electrons. The zero-order valence-corrected chi connectivity index (χ0v) is 11.7. The second-order valence-electron chi connectivity index (χ2n) is 4.94. The molecule has 0 bridgehead atoms. The van der Waals surface area contributed by atoms with Crippen molar-refractivity contribution >= 4 is 10.0 Å². The molecule has 2 rings (SSSR count). The first-order valence-electron chi connectivity index (χ1n) is 6.32. The normalized spacial score (nSPS) is 20.9. The molecule has 19 heavy (non-hydrogen) atoms. The minimum atomic E-state index is -3.63. The molecular weight excluding hydrogens is 269 g/mol. The average Bonchev–Trinajstić information content (AvgIpc) is 2.82. The molecule has 1 aliphatic rings. The highest BCUT2D eigenvalue weighted by Gasteiger charge is 2.33. The average molecular weight is 287 g/mol. The van der Waals surface area contributed by atoms with Crippen molar-refractivity contribution < 1.29 is 17.9 Å². The molecule has 1 atom stereocenters. The summed E-state index contributed by atoms with van der Waals surface area (Å²) in [5, 5.41) is 8.90. The highest BCUT2D eigenvalue weighted by Crippen LogP contribution is 2.27. The number of hydrogen-bond acceptors (Lipinski definition) is 3. The molecule has 1 aromatic rings. The van der Waals surface area contributed by atoms with E-state index in [2.05, 4.69) is 0 Å². The van der Waals surface area contributed by atoms with Crippen LogP contribution in [0.1, 0.15) is 18.4 Å². The van der Waals surface area contributed by atoms with E-state index in [1.165, 1.54) is 16.4 Å². The van der Waals surface area contributed by atoms with Crippen LogP contribution >= 0.6 is 0 Å². The molecule has 1 unspecified atom stereocenters. The van der Waals surface area contributed by atoms with Crippen molar-refractivity contribution in [2.24, 2.45) is 5.92 Å². The fourth-order valence-electron chi connectivity index (χ4n) is 2.42. The van der Waals surface area contributed by atoms with E-state index >= 15 is 0 Å². The quantitative estimate of drug-likeness (QED) is 0.913. The van der Waals surface area contributed by atoms with Crippen LogP contribution in [0.2, 0.25) is 0 Å². The van der Waals surface area contributed by atoms with E-state index in [0.29, 0.717) is 25.1 Å². The Morgan fingerprint density at radius 2 is 2.21 bits per heavy atom. The first-order chi connectivity index (χ1) is 8.95. The number of nitrogens with zero attached hydrogens (tertiary/aromatic N) is 1. The van der Waals surface area contributed by atoms with E-state index in [9.17, 15) is 12.8 Å². The minimum absolute atomic E-state index is 0.0390. The molecule has 0 aliphatic carbocycles. The lowest BCUT2D eigenvalue weighted by Crippen LogP contribution is -2.29. The number of aliphatic hydroxyl groups is 1. The van der Waals surface area contributed by atoms with Gasteiger partial charge in [-0.2, -0.15) is 4.31 Å². The number of benzene rings is 1. The molecule has 6 heteroatoms. The Balaban J connectivity index is 2.26. The van der Waals surface area contributed by atoms with Gasteiger partial charge in [0.05, 0.1) is 4.90 Å². The number of hydrogen-bond donors (Lipinski definition) is 1. The van der Waals surface area contributed by atoms with Crippen LogP contribution in [-0.2, 0) is 10.0 Å². The third-order valence-corrected chi connectivity index (χ3v) is 5.56. The number of halogens is 1. The molecule has 1 fully saturated rings. The predicted octanol–water partition coefficient (Wildman–Crippen LogP) is 1.53. The standard InChI is InChI=1S/C13H18FNO3S/c1-10-2-3-12(14)8-13(10)19(17,18)15-6-4-11(9-15)5-7-16/h2-3,8,11,16H,4-7,9H2,1H3. The van der Waals surface area contributed by atoms with Gasteiger partial charge in [0.25, 0.3) is 0 Å². The molecule has 1 saturated heterocycles. The fraction of sp³-hybridized carbons (Fsp3) is 0.538. The van der Waals surface area contributed by atoms with Crippen LogP contribution in [0.5, 0.6) is 0 Å². The maximum Gasteiger partial charge on any atom is 0.243 e. The Hall–Kier alpha value is -0.980. The van der Waals surface area contributed by atoms with Crippen LogP contribution in [0.25, 0.3) is 0 Å². The summed E-state index contributed by atoms with van der Waals surface area (Å²) in [6, 6.07) is 3.81. The minimum Gasteiger partial charge on any atom is -0.396 e. The van der Waals surface area contributed by atoms with Gasteiger partial charge >= 0.3 is 0 Å². The Kier molecular flexibility index (Phi) is 4.23.